The predicted molar refractivity (Wildman–Crippen MR) is 75.3 cm³/mol. The Morgan fingerprint density at radius 1 is 1.05 bits per heavy atom. The fourth-order valence-electron chi connectivity index (χ4n) is 4.47. The van der Waals surface area contributed by atoms with Gasteiger partial charge in [0.2, 0.25) is 11.8 Å². The van der Waals surface area contributed by atoms with Crippen LogP contribution >= 0.6 is 0 Å². The third kappa shape index (κ3) is 2.09. The van der Waals surface area contributed by atoms with E-state index in [2.05, 4.69) is 0 Å². The number of hydrogen-bond donors (Lipinski definition) is 1. The van der Waals surface area contributed by atoms with Gasteiger partial charge in [0, 0.05) is 0 Å². The van der Waals surface area contributed by atoms with Crippen molar-refractivity contribution in [3.8, 4) is 0 Å². The van der Waals surface area contributed by atoms with E-state index < -0.39 is 17.4 Å². The number of fused-ring (bicyclic) bond motifs is 1. The fourth-order valence-corrected chi connectivity index (χ4v) is 4.47. The van der Waals surface area contributed by atoms with E-state index in [9.17, 15) is 19.5 Å². The molecule has 0 aromatic carbocycles. The third-order valence-electron chi connectivity index (χ3n) is 5.83. The van der Waals surface area contributed by atoms with Crippen LogP contribution < -0.4 is 0 Å². The molecule has 21 heavy (non-hydrogen) atoms. The Bertz CT molecular complexity index is 465. The van der Waals surface area contributed by atoms with Crippen molar-refractivity contribution in [3.63, 3.8) is 0 Å². The normalized spacial score (nSPS) is 40.2. The van der Waals surface area contributed by atoms with E-state index in [1.165, 1.54) is 4.90 Å². The Morgan fingerprint density at radius 2 is 1.57 bits per heavy atom. The van der Waals surface area contributed by atoms with Crippen LogP contribution in [0.1, 0.15) is 58.3 Å². The molecule has 2 aliphatic carbocycles. The first-order valence-corrected chi connectivity index (χ1v) is 8.07. The van der Waals surface area contributed by atoms with Crippen molar-refractivity contribution in [2.75, 3.05) is 0 Å². The van der Waals surface area contributed by atoms with E-state index in [1.54, 1.807) is 6.92 Å². The van der Waals surface area contributed by atoms with Crippen molar-refractivity contribution in [3.05, 3.63) is 0 Å². The Morgan fingerprint density at radius 3 is 2.10 bits per heavy atom. The summed E-state index contributed by atoms with van der Waals surface area (Å²) in [5, 5.41) is 9.61. The molecule has 4 unspecified atom stereocenters. The highest BCUT2D eigenvalue weighted by Gasteiger charge is 2.56. The first-order valence-electron chi connectivity index (χ1n) is 8.07. The van der Waals surface area contributed by atoms with Gasteiger partial charge in [-0.3, -0.25) is 19.3 Å². The standard InChI is InChI=1S/C16H23NO4/c1-16(15(20)21)9-5-4-8-12(16)17-13(18)10-6-2-3-7-11(10)14(17)19/h10-12H,2-9H2,1H3,(H,20,21). The van der Waals surface area contributed by atoms with Crippen molar-refractivity contribution in [1.29, 1.82) is 0 Å². The molecule has 0 spiro atoms. The second kappa shape index (κ2) is 5.11. The van der Waals surface area contributed by atoms with Gasteiger partial charge in [-0.25, -0.2) is 0 Å². The minimum absolute atomic E-state index is 0.107. The topological polar surface area (TPSA) is 74.7 Å². The second-order valence-electron chi connectivity index (χ2n) is 7.03. The molecule has 5 nitrogen and oxygen atoms in total. The van der Waals surface area contributed by atoms with Gasteiger partial charge in [0.05, 0.1) is 23.3 Å². The molecule has 3 fully saturated rings. The second-order valence-corrected chi connectivity index (χ2v) is 7.03. The molecular weight excluding hydrogens is 270 g/mol. The van der Waals surface area contributed by atoms with Gasteiger partial charge >= 0.3 is 5.97 Å². The lowest BCUT2D eigenvalue weighted by molar-refractivity contribution is -0.160. The number of carbonyl (C=O) groups is 3. The summed E-state index contributed by atoms with van der Waals surface area (Å²) < 4.78 is 0. The number of likely N-dealkylation sites (tertiary alicyclic amines) is 1. The van der Waals surface area contributed by atoms with Crippen molar-refractivity contribution in [2.45, 2.75) is 64.3 Å². The van der Waals surface area contributed by atoms with E-state index in [4.69, 9.17) is 0 Å². The maximum Gasteiger partial charge on any atom is 0.311 e. The Balaban J connectivity index is 1.92. The summed E-state index contributed by atoms with van der Waals surface area (Å²) in [6, 6.07) is -0.464. The van der Waals surface area contributed by atoms with Crippen LogP contribution in [-0.4, -0.2) is 33.8 Å². The molecule has 2 amide bonds. The number of rotatable bonds is 2. The molecule has 116 valence electrons. The molecule has 1 N–H and O–H groups in total. The zero-order valence-corrected chi connectivity index (χ0v) is 12.5. The molecule has 3 aliphatic rings. The van der Waals surface area contributed by atoms with Gasteiger partial charge in [0.25, 0.3) is 0 Å². The largest absolute Gasteiger partial charge is 0.481 e. The van der Waals surface area contributed by atoms with E-state index >= 15 is 0 Å². The summed E-state index contributed by atoms with van der Waals surface area (Å²) >= 11 is 0. The van der Waals surface area contributed by atoms with Crippen LogP contribution in [0.2, 0.25) is 0 Å². The fraction of sp³-hybridized carbons (Fsp3) is 0.812. The highest BCUT2D eigenvalue weighted by atomic mass is 16.4. The van der Waals surface area contributed by atoms with Gasteiger partial charge in [-0.05, 0) is 32.6 Å². The average Bonchev–Trinajstić information content (AvgIpc) is 2.72. The highest BCUT2D eigenvalue weighted by Crippen LogP contribution is 2.45. The zero-order valence-electron chi connectivity index (χ0n) is 12.5. The maximum absolute atomic E-state index is 12.7. The Kier molecular flexibility index (Phi) is 3.54. The molecule has 0 radical (unpaired) electrons. The summed E-state index contributed by atoms with van der Waals surface area (Å²) in [6.45, 7) is 1.70. The van der Waals surface area contributed by atoms with Crippen LogP contribution in [0.5, 0.6) is 0 Å². The number of aliphatic carboxylic acids is 1. The lowest BCUT2D eigenvalue weighted by Gasteiger charge is -2.42. The summed E-state index contributed by atoms with van der Waals surface area (Å²) in [7, 11) is 0. The van der Waals surface area contributed by atoms with Crippen LogP contribution in [0.15, 0.2) is 0 Å². The lowest BCUT2D eigenvalue weighted by Crippen LogP contribution is -2.54. The third-order valence-corrected chi connectivity index (χ3v) is 5.83. The number of hydrogen-bond acceptors (Lipinski definition) is 3. The highest BCUT2D eigenvalue weighted by molar-refractivity contribution is 6.06. The smallest absolute Gasteiger partial charge is 0.311 e. The van der Waals surface area contributed by atoms with Crippen LogP contribution in [-0.2, 0) is 14.4 Å². The minimum Gasteiger partial charge on any atom is -0.481 e. The maximum atomic E-state index is 12.7. The zero-order chi connectivity index (χ0) is 15.2. The number of amides is 2. The molecule has 1 aliphatic heterocycles. The van der Waals surface area contributed by atoms with Gasteiger partial charge in [0.15, 0.2) is 0 Å². The van der Waals surface area contributed by atoms with Gasteiger partial charge in [-0.1, -0.05) is 25.7 Å². The molecular formula is C16H23NO4. The Labute approximate surface area is 124 Å². The van der Waals surface area contributed by atoms with E-state index in [0.717, 1.165) is 38.5 Å². The monoisotopic (exact) mass is 293 g/mol. The summed E-state index contributed by atoms with van der Waals surface area (Å²) in [6.07, 6.45) is 6.45. The van der Waals surface area contributed by atoms with Crippen LogP contribution in [0.4, 0.5) is 0 Å². The first kappa shape index (κ1) is 14.5. The van der Waals surface area contributed by atoms with Gasteiger partial charge in [0.1, 0.15) is 0 Å². The average molecular weight is 293 g/mol. The molecule has 0 aromatic rings. The quantitative estimate of drug-likeness (QED) is 0.792. The van der Waals surface area contributed by atoms with Crippen molar-refractivity contribution >= 4 is 17.8 Å². The van der Waals surface area contributed by atoms with E-state index in [0.29, 0.717) is 12.8 Å². The van der Waals surface area contributed by atoms with Crippen molar-refractivity contribution in [2.24, 2.45) is 17.3 Å². The Hall–Kier alpha value is -1.39. The minimum atomic E-state index is -0.989. The van der Waals surface area contributed by atoms with Crippen molar-refractivity contribution in [1.82, 2.24) is 4.90 Å². The lowest BCUT2D eigenvalue weighted by atomic mass is 9.71. The number of carboxylic acids is 1. The number of carbonyl (C=O) groups excluding carboxylic acids is 2. The molecule has 0 aromatic heterocycles. The van der Waals surface area contributed by atoms with Gasteiger partial charge in [-0.2, -0.15) is 0 Å². The number of nitrogens with zero attached hydrogens (tertiary/aromatic N) is 1. The molecule has 0 bridgehead atoms. The van der Waals surface area contributed by atoms with Crippen LogP contribution in [0, 0.1) is 17.3 Å². The number of imide groups is 1. The number of carboxylic acid groups (broad SMARTS) is 1. The summed E-state index contributed by atoms with van der Waals surface area (Å²) in [5.41, 5.74) is -0.989. The molecule has 2 saturated carbocycles. The van der Waals surface area contributed by atoms with Gasteiger partial charge < -0.3 is 5.11 Å². The molecule has 5 heteroatoms. The SMILES string of the molecule is CC1(C(=O)O)CCCCC1N1C(=O)C2CCCCC2C1=O. The molecule has 3 rings (SSSR count). The van der Waals surface area contributed by atoms with E-state index in [1.807, 2.05) is 0 Å². The van der Waals surface area contributed by atoms with Crippen molar-refractivity contribution < 1.29 is 19.5 Å². The molecule has 1 heterocycles. The summed E-state index contributed by atoms with van der Waals surface area (Å²) in [5.74, 6) is -1.48. The van der Waals surface area contributed by atoms with Crippen LogP contribution in [0.3, 0.4) is 0 Å². The van der Waals surface area contributed by atoms with Gasteiger partial charge in [-0.15, -0.1) is 0 Å². The predicted octanol–water partition coefficient (Wildman–Crippen LogP) is 2.20. The van der Waals surface area contributed by atoms with E-state index in [-0.39, 0.29) is 23.7 Å². The molecule has 4 atom stereocenters. The summed E-state index contributed by atoms with van der Waals surface area (Å²) in [4.78, 5) is 38.4. The molecule has 1 saturated heterocycles. The van der Waals surface area contributed by atoms with Crippen LogP contribution in [0.25, 0.3) is 0 Å². The first-order chi connectivity index (χ1) is 9.97.